The minimum atomic E-state index is 0.954. The van der Waals surface area contributed by atoms with Crippen molar-refractivity contribution >= 4 is 27.4 Å². The first-order valence-electron chi connectivity index (χ1n) is 8.79. The second-order valence-electron chi connectivity index (χ2n) is 6.26. The van der Waals surface area contributed by atoms with E-state index >= 15 is 0 Å². The van der Waals surface area contributed by atoms with E-state index in [1.807, 2.05) is 6.20 Å². The summed E-state index contributed by atoms with van der Waals surface area (Å²) < 4.78 is 0. The van der Waals surface area contributed by atoms with Crippen LogP contribution in [0.5, 0.6) is 0 Å². The van der Waals surface area contributed by atoms with Crippen molar-refractivity contribution in [2.45, 2.75) is 19.8 Å². The van der Waals surface area contributed by atoms with E-state index < -0.39 is 0 Å². The molecule has 6 nitrogen and oxygen atoms in total. The molecule has 0 radical (unpaired) electrons. The number of hydrogen-bond acceptors (Lipinski definition) is 7. The fraction of sp³-hybridized carbons (Fsp3) is 0.444. The van der Waals surface area contributed by atoms with E-state index in [1.54, 1.807) is 30.1 Å². The average Bonchev–Trinajstić information content (AvgIpc) is 3.11. The summed E-state index contributed by atoms with van der Waals surface area (Å²) >= 11 is 1.78. The highest BCUT2D eigenvalue weighted by molar-refractivity contribution is 7.18. The molecule has 3 aromatic heterocycles. The quantitative estimate of drug-likeness (QED) is 0.701. The first kappa shape index (κ1) is 16.4. The number of rotatable bonds is 5. The van der Waals surface area contributed by atoms with Crippen molar-refractivity contribution in [3.63, 3.8) is 0 Å². The molecular formula is C18H22N6S. The van der Waals surface area contributed by atoms with Crippen molar-refractivity contribution < 1.29 is 0 Å². The van der Waals surface area contributed by atoms with Crippen molar-refractivity contribution in [2.75, 3.05) is 37.6 Å². The van der Waals surface area contributed by atoms with Crippen molar-refractivity contribution in [3.8, 4) is 0 Å². The molecule has 0 saturated carbocycles. The summed E-state index contributed by atoms with van der Waals surface area (Å²) in [7, 11) is 0. The molecule has 1 saturated heterocycles. The summed E-state index contributed by atoms with van der Waals surface area (Å²) in [6.45, 7) is 7.33. The molecule has 1 aliphatic rings. The molecule has 0 aromatic carbocycles. The minimum absolute atomic E-state index is 0.954. The van der Waals surface area contributed by atoms with Gasteiger partial charge in [0.1, 0.15) is 17.0 Å². The van der Waals surface area contributed by atoms with Gasteiger partial charge in [-0.15, -0.1) is 11.3 Å². The summed E-state index contributed by atoms with van der Waals surface area (Å²) in [5, 5.41) is 1.21. The van der Waals surface area contributed by atoms with E-state index in [4.69, 9.17) is 0 Å². The zero-order chi connectivity index (χ0) is 17.1. The predicted molar refractivity (Wildman–Crippen MR) is 101 cm³/mol. The van der Waals surface area contributed by atoms with Gasteiger partial charge in [-0.05, 0) is 12.5 Å². The van der Waals surface area contributed by atoms with E-state index in [0.717, 1.165) is 61.9 Å². The van der Waals surface area contributed by atoms with Crippen LogP contribution in [-0.4, -0.2) is 57.6 Å². The number of aromatic nitrogens is 4. The summed E-state index contributed by atoms with van der Waals surface area (Å²) in [6.07, 6.45) is 9.05. The smallest absolute Gasteiger partial charge is 0.140 e. The van der Waals surface area contributed by atoms with Gasteiger partial charge in [0, 0.05) is 62.6 Å². The van der Waals surface area contributed by atoms with Gasteiger partial charge < -0.3 is 4.90 Å². The Hall–Kier alpha value is -2.12. The Balaban J connectivity index is 1.39. The molecule has 130 valence electrons. The monoisotopic (exact) mass is 354 g/mol. The van der Waals surface area contributed by atoms with Crippen molar-refractivity contribution in [1.82, 2.24) is 24.8 Å². The van der Waals surface area contributed by atoms with Crippen LogP contribution in [0, 0.1) is 0 Å². The highest BCUT2D eigenvalue weighted by Crippen LogP contribution is 2.30. The predicted octanol–water partition coefficient (Wildman–Crippen LogP) is 2.41. The summed E-state index contributed by atoms with van der Waals surface area (Å²) in [5.41, 5.74) is 1.06. The summed E-state index contributed by atoms with van der Waals surface area (Å²) in [4.78, 5) is 24.9. The Labute approximate surface area is 151 Å². The Morgan fingerprint density at radius 1 is 1.08 bits per heavy atom. The van der Waals surface area contributed by atoms with Crippen LogP contribution in [0.15, 0.2) is 31.0 Å². The van der Waals surface area contributed by atoms with Crippen LogP contribution in [0.2, 0.25) is 0 Å². The van der Waals surface area contributed by atoms with Crippen LogP contribution in [0.25, 0.3) is 10.2 Å². The Morgan fingerprint density at radius 3 is 2.72 bits per heavy atom. The maximum absolute atomic E-state index is 4.58. The lowest BCUT2D eigenvalue weighted by Gasteiger charge is -2.35. The van der Waals surface area contributed by atoms with E-state index in [9.17, 15) is 0 Å². The van der Waals surface area contributed by atoms with Crippen LogP contribution in [0.3, 0.4) is 0 Å². The molecule has 7 heteroatoms. The lowest BCUT2D eigenvalue weighted by molar-refractivity contribution is 0.260. The van der Waals surface area contributed by atoms with Gasteiger partial charge in [-0.1, -0.05) is 6.92 Å². The molecule has 0 aliphatic carbocycles. The molecule has 4 rings (SSSR count). The third-order valence-electron chi connectivity index (χ3n) is 4.68. The maximum Gasteiger partial charge on any atom is 0.140 e. The third kappa shape index (κ3) is 3.62. The lowest BCUT2D eigenvalue weighted by atomic mass is 10.2. The van der Waals surface area contributed by atoms with E-state index in [2.05, 4.69) is 42.7 Å². The minimum Gasteiger partial charge on any atom is -0.353 e. The molecular weight excluding hydrogens is 332 g/mol. The molecule has 0 atom stereocenters. The van der Waals surface area contributed by atoms with Crippen molar-refractivity contribution in [3.05, 3.63) is 41.6 Å². The normalized spacial score (nSPS) is 15.8. The highest BCUT2D eigenvalue weighted by Gasteiger charge is 2.20. The second-order valence-corrected chi connectivity index (χ2v) is 7.37. The largest absolute Gasteiger partial charge is 0.353 e. The summed E-state index contributed by atoms with van der Waals surface area (Å²) in [6, 6.07) is 2.26. The molecule has 0 spiro atoms. The maximum atomic E-state index is 4.58. The Bertz CT molecular complexity index is 826. The molecule has 1 aliphatic heterocycles. The molecule has 25 heavy (non-hydrogen) atoms. The number of thiophene rings is 1. The number of anilines is 1. The van der Waals surface area contributed by atoms with Crippen LogP contribution in [-0.2, 0) is 12.8 Å². The Kier molecular flexibility index (Phi) is 4.85. The van der Waals surface area contributed by atoms with Crippen LogP contribution in [0.4, 0.5) is 5.82 Å². The molecule has 0 unspecified atom stereocenters. The topological polar surface area (TPSA) is 58.0 Å². The third-order valence-corrected chi connectivity index (χ3v) is 5.87. The molecule has 1 fully saturated rings. The standard InChI is InChI=1S/C18H22N6S/c1-2-15-11-16-17(21-13-22-18(16)25-15)24-9-7-23(8-10-24)6-3-14-12-19-4-5-20-14/h4-5,11-13H,2-3,6-10H2,1H3. The summed E-state index contributed by atoms with van der Waals surface area (Å²) in [5.74, 6) is 1.09. The first-order valence-corrected chi connectivity index (χ1v) is 9.60. The number of fused-ring (bicyclic) bond motifs is 1. The molecule has 0 N–H and O–H groups in total. The van der Waals surface area contributed by atoms with E-state index in [1.165, 1.54) is 10.3 Å². The van der Waals surface area contributed by atoms with Gasteiger partial charge in [-0.2, -0.15) is 0 Å². The fourth-order valence-corrected chi connectivity index (χ4v) is 4.16. The van der Waals surface area contributed by atoms with Gasteiger partial charge in [-0.25, -0.2) is 9.97 Å². The lowest BCUT2D eigenvalue weighted by Crippen LogP contribution is -2.47. The van der Waals surface area contributed by atoms with Gasteiger partial charge in [0.25, 0.3) is 0 Å². The first-order chi connectivity index (χ1) is 12.3. The van der Waals surface area contributed by atoms with Crippen molar-refractivity contribution in [1.29, 1.82) is 0 Å². The van der Waals surface area contributed by atoms with Gasteiger partial charge in [0.2, 0.25) is 0 Å². The van der Waals surface area contributed by atoms with Crippen LogP contribution >= 0.6 is 11.3 Å². The highest BCUT2D eigenvalue weighted by atomic mass is 32.1. The Morgan fingerprint density at radius 2 is 1.96 bits per heavy atom. The number of nitrogens with zero attached hydrogens (tertiary/aromatic N) is 6. The average molecular weight is 354 g/mol. The SMILES string of the molecule is CCc1cc2c(N3CCN(CCc4cnccn4)CC3)ncnc2s1. The van der Waals surface area contributed by atoms with Gasteiger partial charge in [0.05, 0.1) is 11.1 Å². The molecule has 3 aromatic rings. The zero-order valence-corrected chi connectivity index (χ0v) is 15.2. The number of piperazine rings is 1. The number of aryl methyl sites for hydroxylation is 1. The zero-order valence-electron chi connectivity index (χ0n) is 14.4. The van der Waals surface area contributed by atoms with Gasteiger partial charge >= 0.3 is 0 Å². The van der Waals surface area contributed by atoms with E-state index in [0.29, 0.717) is 0 Å². The fourth-order valence-electron chi connectivity index (χ4n) is 3.23. The van der Waals surface area contributed by atoms with Crippen molar-refractivity contribution in [2.24, 2.45) is 0 Å². The number of hydrogen-bond donors (Lipinski definition) is 0. The second kappa shape index (κ2) is 7.41. The van der Waals surface area contributed by atoms with Crippen LogP contribution in [0.1, 0.15) is 17.5 Å². The van der Waals surface area contributed by atoms with Gasteiger partial charge in [0.15, 0.2) is 0 Å². The van der Waals surface area contributed by atoms with Gasteiger partial charge in [-0.3, -0.25) is 14.9 Å². The van der Waals surface area contributed by atoms with Crippen LogP contribution < -0.4 is 4.90 Å². The molecule has 0 bridgehead atoms. The van der Waals surface area contributed by atoms with E-state index in [-0.39, 0.29) is 0 Å². The molecule has 0 amide bonds. The molecule has 4 heterocycles.